The number of hydrogen-bond donors (Lipinski definition) is 1. The highest BCUT2D eigenvalue weighted by Gasteiger charge is 2.23. The number of nitrogens with zero attached hydrogens (tertiary/aromatic N) is 3. The summed E-state index contributed by atoms with van der Waals surface area (Å²) in [7, 11) is 3.35. The number of ether oxygens (including phenoxy) is 1. The molecule has 1 aromatic heterocycles. The molecule has 1 aromatic carbocycles. The molecule has 3 rings (SSSR count). The number of nitrogens with one attached hydrogen (secondary N) is 1. The topological polar surface area (TPSA) is 74.8 Å². The lowest BCUT2D eigenvalue weighted by Crippen LogP contribution is -2.44. The van der Waals surface area contributed by atoms with E-state index in [1.807, 2.05) is 24.3 Å². The third-order valence-electron chi connectivity index (χ3n) is 5.11. The van der Waals surface area contributed by atoms with Crippen molar-refractivity contribution in [3.8, 4) is 0 Å². The number of carbonyl (C=O) groups is 2. The normalized spacial score (nSPS) is 19.4. The second-order valence-corrected chi connectivity index (χ2v) is 8.09. The molecule has 1 aliphatic rings. The van der Waals surface area contributed by atoms with Gasteiger partial charge in [0.2, 0.25) is 0 Å². The van der Waals surface area contributed by atoms with Gasteiger partial charge in [-0.2, -0.15) is 0 Å². The highest BCUT2D eigenvalue weighted by Crippen LogP contribution is 2.21. The van der Waals surface area contributed by atoms with Gasteiger partial charge in [-0.3, -0.25) is 14.5 Å². The largest absolute Gasteiger partial charge is 0.373 e. The van der Waals surface area contributed by atoms with Gasteiger partial charge in [0, 0.05) is 39.4 Å². The Morgan fingerprint density at radius 1 is 1.13 bits per heavy atom. The van der Waals surface area contributed by atoms with Crippen LogP contribution in [0.2, 0.25) is 0 Å². The first kappa shape index (κ1) is 21.9. The monoisotopic (exact) mass is 410 g/mol. The van der Waals surface area contributed by atoms with Crippen LogP contribution in [0.5, 0.6) is 0 Å². The molecule has 160 valence electrons. The van der Waals surface area contributed by atoms with Crippen LogP contribution in [0.3, 0.4) is 0 Å². The van der Waals surface area contributed by atoms with Gasteiger partial charge < -0.3 is 15.0 Å². The van der Waals surface area contributed by atoms with Crippen LogP contribution in [0.15, 0.2) is 36.4 Å². The molecule has 0 aliphatic carbocycles. The number of benzene rings is 1. The van der Waals surface area contributed by atoms with E-state index in [4.69, 9.17) is 4.74 Å². The van der Waals surface area contributed by atoms with Crippen molar-refractivity contribution < 1.29 is 14.3 Å². The fourth-order valence-electron chi connectivity index (χ4n) is 3.77. The minimum absolute atomic E-state index is 0.188. The molecule has 0 saturated carbocycles. The van der Waals surface area contributed by atoms with Gasteiger partial charge in [0.15, 0.2) is 0 Å². The summed E-state index contributed by atoms with van der Waals surface area (Å²) < 4.78 is 5.82. The van der Waals surface area contributed by atoms with Gasteiger partial charge in [0.1, 0.15) is 5.69 Å². The Morgan fingerprint density at radius 3 is 2.43 bits per heavy atom. The van der Waals surface area contributed by atoms with Gasteiger partial charge in [-0.05, 0) is 44.5 Å². The summed E-state index contributed by atoms with van der Waals surface area (Å²) in [6.45, 7) is 8.35. The molecule has 1 fully saturated rings. The summed E-state index contributed by atoms with van der Waals surface area (Å²) in [5.41, 5.74) is 3.13. The molecule has 2 amide bonds. The number of para-hydroxylation sites is 1. The number of rotatable bonds is 5. The summed E-state index contributed by atoms with van der Waals surface area (Å²) in [6.07, 6.45) is 0.375. The number of pyridine rings is 1. The predicted octanol–water partition coefficient (Wildman–Crippen LogP) is 2.95. The zero-order valence-electron chi connectivity index (χ0n) is 18.3. The molecular weight excluding hydrogens is 380 g/mol. The first-order chi connectivity index (χ1) is 14.2. The van der Waals surface area contributed by atoms with Gasteiger partial charge in [-0.15, -0.1) is 0 Å². The van der Waals surface area contributed by atoms with Crippen molar-refractivity contribution in [1.29, 1.82) is 0 Å². The van der Waals surface area contributed by atoms with Gasteiger partial charge in [0.25, 0.3) is 11.8 Å². The van der Waals surface area contributed by atoms with E-state index in [-0.39, 0.29) is 24.0 Å². The van der Waals surface area contributed by atoms with Crippen LogP contribution in [0.1, 0.15) is 46.0 Å². The molecule has 2 atom stereocenters. The molecule has 7 heteroatoms. The van der Waals surface area contributed by atoms with Crippen LogP contribution in [0.4, 0.5) is 5.69 Å². The fourth-order valence-corrected chi connectivity index (χ4v) is 3.77. The lowest BCUT2D eigenvalue weighted by Gasteiger charge is -2.35. The fraction of sp³-hybridized carbons (Fsp3) is 0.435. The molecular formula is C23H30N4O3. The van der Waals surface area contributed by atoms with Crippen LogP contribution in [0.25, 0.3) is 0 Å². The smallest absolute Gasteiger partial charge is 0.271 e. The maximum Gasteiger partial charge on any atom is 0.271 e. The van der Waals surface area contributed by atoms with Crippen molar-refractivity contribution in [1.82, 2.24) is 14.8 Å². The standard InChI is InChI=1S/C23H30N4O3/c1-15-12-27(13-16(2)30-15)14-18-8-6-7-9-20(18)25-22(28)19-10-11-21(24-17(19)3)23(29)26(4)5/h6-11,15-16H,12-14H2,1-5H3,(H,25,28). The van der Waals surface area contributed by atoms with Gasteiger partial charge in [-0.25, -0.2) is 4.98 Å². The minimum Gasteiger partial charge on any atom is -0.373 e. The van der Waals surface area contributed by atoms with Gasteiger partial charge in [0.05, 0.1) is 23.5 Å². The molecule has 2 heterocycles. The number of carbonyl (C=O) groups excluding carboxylic acids is 2. The van der Waals surface area contributed by atoms with E-state index in [1.54, 1.807) is 33.2 Å². The maximum atomic E-state index is 12.9. The third-order valence-corrected chi connectivity index (χ3v) is 5.11. The van der Waals surface area contributed by atoms with E-state index in [9.17, 15) is 9.59 Å². The van der Waals surface area contributed by atoms with E-state index in [0.29, 0.717) is 17.0 Å². The van der Waals surface area contributed by atoms with Crippen molar-refractivity contribution in [2.24, 2.45) is 0 Å². The number of morpholine rings is 1. The molecule has 0 spiro atoms. The van der Waals surface area contributed by atoms with Gasteiger partial charge in [-0.1, -0.05) is 18.2 Å². The van der Waals surface area contributed by atoms with Crippen LogP contribution >= 0.6 is 0 Å². The lowest BCUT2D eigenvalue weighted by atomic mass is 10.1. The average molecular weight is 411 g/mol. The van der Waals surface area contributed by atoms with E-state index in [0.717, 1.165) is 30.9 Å². The second kappa shape index (κ2) is 9.36. The molecule has 30 heavy (non-hydrogen) atoms. The van der Waals surface area contributed by atoms with Gasteiger partial charge >= 0.3 is 0 Å². The summed E-state index contributed by atoms with van der Waals surface area (Å²) in [4.78, 5) is 33.1. The Kier molecular flexibility index (Phi) is 6.84. The molecule has 2 aromatic rings. The Labute approximate surface area is 178 Å². The zero-order valence-corrected chi connectivity index (χ0v) is 18.3. The quantitative estimate of drug-likeness (QED) is 0.820. The van der Waals surface area contributed by atoms with Crippen molar-refractivity contribution in [2.75, 3.05) is 32.5 Å². The van der Waals surface area contributed by atoms with Crippen molar-refractivity contribution in [3.63, 3.8) is 0 Å². The van der Waals surface area contributed by atoms with E-state index < -0.39 is 0 Å². The Hall–Kier alpha value is -2.77. The molecule has 7 nitrogen and oxygen atoms in total. The highest BCUT2D eigenvalue weighted by atomic mass is 16.5. The summed E-state index contributed by atoms with van der Waals surface area (Å²) >= 11 is 0. The molecule has 1 N–H and O–H groups in total. The molecule has 1 aliphatic heterocycles. The maximum absolute atomic E-state index is 12.9. The lowest BCUT2D eigenvalue weighted by molar-refractivity contribution is -0.0704. The van der Waals surface area contributed by atoms with E-state index >= 15 is 0 Å². The summed E-state index contributed by atoms with van der Waals surface area (Å²) in [5, 5.41) is 3.02. The first-order valence-electron chi connectivity index (χ1n) is 10.2. The van der Waals surface area contributed by atoms with Crippen molar-refractivity contribution in [3.05, 3.63) is 58.9 Å². The Morgan fingerprint density at radius 2 is 1.80 bits per heavy atom. The highest BCUT2D eigenvalue weighted by molar-refractivity contribution is 6.05. The average Bonchev–Trinajstić information content (AvgIpc) is 2.67. The van der Waals surface area contributed by atoms with Crippen LogP contribution in [-0.2, 0) is 11.3 Å². The van der Waals surface area contributed by atoms with E-state index in [1.165, 1.54) is 4.90 Å². The molecule has 0 bridgehead atoms. The Bertz CT molecular complexity index is 918. The van der Waals surface area contributed by atoms with Crippen molar-refractivity contribution in [2.45, 2.75) is 39.5 Å². The number of hydrogen-bond acceptors (Lipinski definition) is 5. The van der Waals surface area contributed by atoms with Crippen LogP contribution < -0.4 is 5.32 Å². The zero-order chi connectivity index (χ0) is 21.8. The molecule has 1 saturated heterocycles. The number of aromatic nitrogens is 1. The number of aryl methyl sites for hydroxylation is 1. The second-order valence-electron chi connectivity index (χ2n) is 8.09. The van der Waals surface area contributed by atoms with Crippen molar-refractivity contribution >= 4 is 17.5 Å². The molecule has 2 unspecified atom stereocenters. The minimum atomic E-state index is -0.236. The number of amides is 2. The Balaban J connectivity index is 1.75. The van der Waals surface area contributed by atoms with Crippen LogP contribution in [0, 0.1) is 6.92 Å². The summed E-state index contributed by atoms with van der Waals surface area (Å²) in [6, 6.07) is 11.1. The first-order valence-corrected chi connectivity index (χ1v) is 10.2. The number of anilines is 1. The van der Waals surface area contributed by atoms with E-state index in [2.05, 4.69) is 29.0 Å². The third kappa shape index (κ3) is 5.23. The SMILES string of the molecule is Cc1nc(C(=O)N(C)C)ccc1C(=O)Nc1ccccc1CN1CC(C)OC(C)C1. The summed E-state index contributed by atoms with van der Waals surface area (Å²) in [5.74, 6) is -0.426. The van der Waals surface area contributed by atoms with Crippen LogP contribution in [-0.4, -0.2) is 66.0 Å². The molecule has 0 radical (unpaired) electrons. The predicted molar refractivity (Wildman–Crippen MR) is 117 cm³/mol.